The van der Waals surface area contributed by atoms with Gasteiger partial charge in [-0.3, -0.25) is 4.79 Å². The second-order valence-corrected chi connectivity index (χ2v) is 8.19. The van der Waals surface area contributed by atoms with E-state index in [4.69, 9.17) is 4.74 Å². The summed E-state index contributed by atoms with van der Waals surface area (Å²) in [5, 5.41) is 3.39. The summed E-state index contributed by atoms with van der Waals surface area (Å²) in [6.07, 6.45) is 3.25. The lowest BCUT2D eigenvalue weighted by Gasteiger charge is -2.23. The van der Waals surface area contributed by atoms with E-state index in [-0.39, 0.29) is 23.6 Å². The van der Waals surface area contributed by atoms with Gasteiger partial charge < -0.3 is 19.5 Å². The van der Waals surface area contributed by atoms with Gasteiger partial charge in [0.1, 0.15) is 5.69 Å². The Balaban J connectivity index is 1.54. The van der Waals surface area contributed by atoms with Crippen LogP contribution in [0.1, 0.15) is 29.9 Å². The average molecular weight is 386 g/mol. The van der Waals surface area contributed by atoms with Crippen molar-refractivity contribution in [1.82, 2.24) is 19.8 Å². The van der Waals surface area contributed by atoms with Crippen LogP contribution in [0.25, 0.3) is 0 Å². The van der Waals surface area contributed by atoms with Gasteiger partial charge in [0.05, 0.1) is 12.4 Å². The molecule has 1 amide bonds. The van der Waals surface area contributed by atoms with Gasteiger partial charge in [0, 0.05) is 26.3 Å². The number of piperidine rings is 1. The Morgan fingerprint density at radius 3 is 2.79 bits per heavy atom. The number of carbonyl (C=O) groups excluding carboxylic acids is 1. The molecule has 1 aliphatic carbocycles. The Hall–Kier alpha value is -2.41. The van der Waals surface area contributed by atoms with Gasteiger partial charge in [0.2, 0.25) is 0 Å². The molecular formula is C21H27FN4O2. The minimum Gasteiger partial charge on any atom is -0.488 e. The number of aromatic nitrogens is 2. The summed E-state index contributed by atoms with van der Waals surface area (Å²) >= 11 is 0. The van der Waals surface area contributed by atoms with E-state index in [0.29, 0.717) is 36.5 Å². The first-order valence-electron chi connectivity index (χ1n) is 9.85. The smallest absolute Gasteiger partial charge is 0.274 e. The summed E-state index contributed by atoms with van der Waals surface area (Å²) in [5.74, 6) is 1.60. The van der Waals surface area contributed by atoms with Crippen LogP contribution in [-0.4, -0.2) is 46.1 Å². The standard InChI is InChI=1S/C21H27FN4O2/c1-13(2)28-20-6-14(4-5-18(20)22)9-26(10-17-15-7-23-8-16(15)17)21(27)19-11-25(3)12-24-19/h4-6,11-13,15-17,23H,7-10H2,1-3H3. The number of halogens is 1. The van der Waals surface area contributed by atoms with Crippen LogP contribution in [0.4, 0.5) is 4.39 Å². The third kappa shape index (κ3) is 3.90. The van der Waals surface area contributed by atoms with Crippen molar-refractivity contribution in [3.63, 3.8) is 0 Å². The van der Waals surface area contributed by atoms with Gasteiger partial charge in [-0.15, -0.1) is 0 Å². The Bertz CT molecular complexity index is 856. The first-order chi connectivity index (χ1) is 13.4. The molecule has 150 valence electrons. The SMILES string of the molecule is CC(C)Oc1cc(CN(CC2C3CNCC32)C(=O)c2cn(C)cn2)ccc1F. The molecule has 1 saturated carbocycles. The van der Waals surface area contributed by atoms with Gasteiger partial charge in [0.15, 0.2) is 11.6 Å². The van der Waals surface area contributed by atoms with Crippen LogP contribution in [0.5, 0.6) is 5.75 Å². The highest BCUT2D eigenvalue weighted by Crippen LogP contribution is 2.49. The minimum absolute atomic E-state index is 0.0887. The molecule has 0 bridgehead atoms. The Labute approximate surface area is 164 Å². The maximum Gasteiger partial charge on any atom is 0.274 e. The Kier molecular flexibility index (Phi) is 5.10. The summed E-state index contributed by atoms with van der Waals surface area (Å²) in [4.78, 5) is 19.2. The number of rotatable bonds is 7. The molecule has 4 rings (SSSR count). The molecule has 7 heteroatoms. The maximum absolute atomic E-state index is 14.0. The molecule has 2 unspecified atom stereocenters. The predicted octanol–water partition coefficient (Wildman–Crippen LogP) is 2.45. The van der Waals surface area contributed by atoms with Crippen molar-refractivity contribution in [2.45, 2.75) is 26.5 Å². The lowest BCUT2D eigenvalue weighted by molar-refractivity contribution is 0.0723. The molecule has 0 radical (unpaired) electrons. The quantitative estimate of drug-likeness (QED) is 0.794. The first-order valence-corrected chi connectivity index (χ1v) is 9.85. The van der Waals surface area contributed by atoms with E-state index >= 15 is 0 Å². The molecular weight excluding hydrogens is 359 g/mol. The molecule has 6 nitrogen and oxygen atoms in total. The van der Waals surface area contributed by atoms with Crippen molar-refractivity contribution in [3.05, 3.63) is 47.8 Å². The first kappa shape index (κ1) is 18.9. The molecule has 1 aliphatic heterocycles. The number of ether oxygens (including phenoxy) is 1. The van der Waals surface area contributed by atoms with E-state index < -0.39 is 0 Å². The van der Waals surface area contributed by atoms with Crippen molar-refractivity contribution < 1.29 is 13.9 Å². The summed E-state index contributed by atoms with van der Waals surface area (Å²) < 4.78 is 21.4. The summed E-state index contributed by atoms with van der Waals surface area (Å²) in [6, 6.07) is 4.83. The van der Waals surface area contributed by atoms with Gasteiger partial charge >= 0.3 is 0 Å². The van der Waals surface area contributed by atoms with E-state index in [1.165, 1.54) is 6.07 Å². The zero-order chi connectivity index (χ0) is 19.8. The molecule has 2 aliphatic rings. The number of hydrogen-bond acceptors (Lipinski definition) is 4. The third-order valence-electron chi connectivity index (χ3n) is 5.64. The molecule has 2 fully saturated rings. The van der Waals surface area contributed by atoms with Gasteiger partial charge in [-0.2, -0.15) is 0 Å². The van der Waals surface area contributed by atoms with E-state index in [1.54, 1.807) is 29.2 Å². The highest BCUT2D eigenvalue weighted by Gasteiger charge is 2.53. The van der Waals surface area contributed by atoms with Crippen LogP contribution < -0.4 is 10.1 Å². The average Bonchev–Trinajstić information content (AvgIpc) is 3.03. The Morgan fingerprint density at radius 1 is 1.39 bits per heavy atom. The predicted molar refractivity (Wildman–Crippen MR) is 103 cm³/mol. The highest BCUT2D eigenvalue weighted by atomic mass is 19.1. The van der Waals surface area contributed by atoms with Crippen LogP contribution in [0, 0.1) is 23.6 Å². The van der Waals surface area contributed by atoms with Crippen LogP contribution in [0.3, 0.4) is 0 Å². The number of hydrogen-bond donors (Lipinski definition) is 1. The molecule has 1 N–H and O–H groups in total. The van der Waals surface area contributed by atoms with Crippen molar-refractivity contribution >= 4 is 5.91 Å². The van der Waals surface area contributed by atoms with Crippen molar-refractivity contribution in [2.75, 3.05) is 19.6 Å². The fraction of sp³-hybridized carbons (Fsp3) is 0.524. The van der Waals surface area contributed by atoms with Crippen molar-refractivity contribution in [2.24, 2.45) is 24.8 Å². The van der Waals surface area contributed by atoms with E-state index in [2.05, 4.69) is 10.3 Å². The number of aryl methyl sites for hydroxylation is 1. The second kappa shape index (κ2) is 7.54. The molecule has 28 heavy (non-hydrogen) atoms. The zero-order valence-corrected chi connectivity index (χ0v) is 16.6. The number of amides is 1. The topological polar surface area (TPSA) is 59.4 Å². The Morgan fingerprint density at radius 2 is 2.14 bits per heavy atom. The number of nitrogens with zero attached hydrogens (tertiary/aromatic N) is 3. The van der Waals surface area contributed by atoms with Crippen LogP contribution >= 0.6 is 0 Å². The van der Waals surface area contributed by atoms with E-state index in [1.807, 2.05) is 25.8 Å². The van der Waals surface area contributed by atoms with Crippen LogP contribution in [0.15, 0.2) is 30.7 Å². The molecule has 1 aromatic carbocycles. The fourth-order valence-electron chi connectivity index (χ4n) is 4.19. The summed E-state index contributed by atoms with van der Waals surface area (Å²) in [5.41, 5.74) is 1.29. The van der Waals surface area contributed by atoms with Gasteiger partial charge in [-0.05, 0) is 62.4 Å². The van der Waals surface area contributed by atoms with Crippen molar-refractivity contribution in [1.29, 1.82) is 0 Å². The van der Waals surface area contributed by atoms with Gasteiger partial charge in [0.25, 0.3) is 5.91 Å². The fourth-order valence-corrected chi connectivity index (χ4v) is 4.19. The summed E-state index contributed by atoms with van der Waals surface area (Å²) in [7, 11) is 1.85. The van der Waals surface area contributed by atoms with Crippen LogP contribution in [-0.2, 0) is 13.6 Å². The van der Waals surface area contributed by atoms with Gasteiger partial charge in [-0.1, -0.05) is 6.07 Å². The monoisotopic (exact) mass is 386 g/mol. The van der Waals surface area contributed by atoms with E-state index in [0.717, 1.165) is 18.7 Å². The molecule has 2 heterocycles. The second-order valence-electron chi connectivity index (χ2n) is 8.19. The summed E-state index contributed by atoms with van der Waals surface area (Å²) in [6.45, 7) is 6.90. The van der Waals surface area contributed by atoms with Crippen molar-refractivity contribution in [3.8, 4) is 5.75 Å². The molecule has 0 spiro atoms. The highest BCUT2D eigenvalue weighted by molar-refractivity contribution is 5.92. The van der Waals surface area contributed by atoms with E-state index in [9.17, 15) is 9.18 Å². The lowest BCUT2D eigenvalue weighted by atomic mass is 10.1. The molecule has 2 atom stereocenters. The number of imidazole rings is 1. The molecule has 1 saturated heterocycles. The zero-order valence-electron chi connectivity index (χ0n) is 16.6. The molecule has 1 aromatic heterocycles. The molecule has 2 aromatic rings. The van der Waals surface area contributed by atoms with Gasteiger partial charge in [-0.25, -0.2) is 9.37 Å². The number of fused-ring (bicyclic) bond motifs is 1. The minimum atomic E-state index is -0.386. The van der Waals surface area contributed by atoms with Crippen LogP contribution in [0.2, 0.25) is 0 Å². The number of nitrogens with one attached hydrogen (secondary N) is 1. The number of carbonyl (C=O) groups is 1. The largest absolute Gasteiger partial charge is 0.488 e. The lowest BCUT2D eigenvalue weighted by Crippen LogP contribution is -2.34. The maximum atomic E-state index is 14.0. The third-order valence-corrected chi connectivity index (χ3v) is 5.64. The number of benzene rings is 1. The normalized spacial score (nSPS) is 23.0.